The van der Waals surface area contributed by atoms with E-state index in [2.05, 4.69) is 17.4 Å². The van der Waals surface area contributed by atoms with Gasteiger partial charge in [-0.2, -0.15) is 0 Å². The zero-order valence-electron chi connectivity index (χ0n) is 15.4. The lowest BCUT2D eigenvalue weighted by Crippen LogP contribution is -2.16. The summed E-state index contributed by atoms with van der Waals surface area (Å²) < 4.78 is 0. The largest absolute Gasteiger partial charge is 0.325 e. The minimum atomic E-state index is 0.00675. The molecule has 0 aromatic heterocycles. The summed E-state index contributed by atoms with van der Waals surface area (Å²) in [6, 6.07) is 24.1. The summed E-state index contributed by atoms with van der Waals surface area (Å²) in [5.74, 6) is 0.378. The molecule has 27 heavy (non-hydrogen) atoms. The highest BCUT2D eigenvalue weighted by Gasteiger charge is 2.17. The molecule has 1 atom stereocenters. The second-order valence-corrected chi connectivity index (χ2v) is 8.00. The zero-order chi connectivity index (χ0) is 19.2. The van der Waals surface area contributed by atoms with Crippen LogP contribution in [0.4, 0.5) is 5.69 Å². The molecular weight excluding hydrogens is 374 g/mol. The summed E-state index contributed by atoms with van der Waals surface area (Å²) in [4.78, 5) is 12.6. The van der Waals surface area contributed by atoms with Crippen molar-refractivity contribution in [2.75, 3.05) is 11.1 Å². The van der Waals surface area contributed by atoms with Crippen LogP contribution in [0.3, 0.4) is 0 Å². The third kappa shape index (κ3) is 5.15. The van der Waals surface area contributed by atoms with Gasteiger partial charge in [0.25, 0.3) is 0 Å². The van der Waals surface area contributed by atoms with Crippen LogP contribution < -0.4 is 5.32 Å². The van der Waals surface area contributed by atoms with Crippen LogP contribution in [0, 0.1) is 13.8 Å². The van der Waals surface area contributed by atoms with E-state index >= 15 is 0 Å². The maximum atomic E-state index is 12.6. The average molecular weight is 396 g/mol. The minimum Gasteiger partial charge on any atom is -0.325 e. The van der Waals surface area contributed by atoms with E-state index in [1.807, 2.05) is 74.5 Å². The fourth-order valence-corrected chi connectivity index (χ4v) is 4.21. The van der Waals surface area contributed by atoms with Crippen LogP contribution in [0.25, 0.3) is 0 Å². The molecule has 2 nitrogen and oxygen atoms in total. The number of para-hydroxylation sites is 1. The van der Waals surface area contributed by atoms with Gasteiger partial charge in [0.15, 0.2) is 0 Å². The molecule has 0 aliphatic carbocycles. The van der Waals surface area contributed by atoms with Crippen LogP contribution in [0.5, 0.6) is 0 Å². The van der Waals surface area contributed by atoms with Gasteiger partial charge in [0.2, 0.25) is 5.91 Å². The molecule has 3 aromatic carbocycles. The smallest absolute Gasteiger partial charge is 0.234 e. The molecule has 0 bridgehead atoms. The molecule has 0 aliphatic rings. The summed E-state index contributed by atoms with van der Waals surface area (Å²) >= 11 is 7.66. The maximum Gasteiger partial charge on any atom is 0.234 e. The van der Waals surface area contributed by atoms with Crippen molar-refractivity contribution in [1.29, 1.82) is 0 Å². The van der Waals surface area contributed by atoms with Crippen molar-refractivity contribution in [3.63, 3.8) is 0 Å². The number of hydrogen-bond acceptors (Lipinski definition) is 2. The van der Waals surface area contributed by atoms with Crippen LogP contribution in [0.2, 0.25) is 5.02 Å². The first-order valence-electron chi connectivity index (χ1n) is 8.82. The molecule has 0 radical (unpaired) electrons. The third-order valence-corrected chi connectivity index (χ3v) is 5.96. The molecular formula is C23H22ClNOS. The molecule has 0 fully saturated rings. The van der Waals surface area contributed by atoms with E-state index in [9.17, 15) is 4.79 Å². The first-order valence-corrected chi connectivity index (χ1v) is 10.3. The lowest BCUT2D eigenvalue weighted by molar-refractivity contribution is -0.113. The number of hydrogen-bond donors (Lipinski definition) is 1. The Labute approximate surface area is 170 Å². The molecule has 3 rings (SSSR count). The van der Waals surface area contributed by atoms with Crippen molar-refractivity contribution < 1.29 is 4.79 Å². The van der Waals surface area contributed by atoms with Gasteiger partial charge in [0.05, 0.1) is 11.0 Å². The van der Waals surface area contributed by atoms with Crippen LogP contribution in [-0.4, -0.2) is 11.7 Å². The van der Waals surface area contributed by atoms with Gasteiger partial charge < -0.3 is 5.32 Å². The second-order valence-electron chi connectivity index (χ2n) is 6.47. The van der Waals surface area contributed by atoms with E-state index in [0.29, 0.717) is 10.8 Å². The van der Waals surface area contributed by atoms with Gasteiger partial charge in [-0.25, -0.2) is 0 Å². The molecule has 0 heterocycles. The number of amides is 1. The number of benzene rings is 3. The highest BCUT2D eigenvalue weighted by molar-refractivity contribution is 8.00. The van der Waals surface area contributed by atoms with E-state index in [1.54, 1.807) is 11.8 Å². The Bertz CT molecular complexity index is 889. The van der Waals surface area contributed by atoms with Crippen LogP contribution in [-0.2, 0) is 4.79 Å². The predicted molar refractivity (Wildman–Crippen MR) is 117 cm³/mol. The molecule has 138 valence electrons. The number of anilines is 1. The third-order valence-electron chi connectivity index (χ3n) is 4.40. The van der Waals surface area contributed by atoms with Crippen molar-refractivity contribution in [1.82, 2.24) is 0 Å². The number of rotatable bonds is 6. The number of halogens is 1. The number of carbonyl (C=O) groups excluding carboxylic acids is 1. The molecule has 3 aromatic rings. The number of carbonyl (C=O) groups is 1. The van der Waals surface area contributed by atoms with Crippen molar-refractivity contribution in [3.8, 4) is 0 Å². The van der Waals surface area contributed by atoms with E-state index in [-0.39, 0.29) is 11.2 Å². The zero-order valence-corrected chi connectivity index (χ0v) is 17.0. The molecule has 0 spiro atoms. The Hall–Kier alpha value is -2.23. The van der Waals surface area contributed by atoms with Crippen molar-refractivity contribution in [2.24, 2.45) is 0 Å². The number of thioether (sulfide) groups is 1. The predicted octanol–water partition coefficient (Wildman–Crippen LogP) is 6.42. The Morgan fingerprint density at radius 2 is 1.48 bits per heavy atom. The quantitative estimate of drug-likeness (QED) is 0.521. The summed E-state index contributed by atoms with van der Waals surface area (Å²) in [7, 11) is 0. The maximum absolute atomic E-state index is 12.6. The van der Waals surface area contributed by atoms with Crippen molar-refractivity contribution >= 4 is 35.0 Å². The first-order chi connectivity index (χ1) is 13.0. The second kappa shape index (κ2) is 9.12. The summed E-state index contributed by atoms with van der Waals surface area (Å²) in [5, 5.41) is 3.85. The standard InChI is InChI=1S/C23H22ClNOS/c1-16-7-6-8-17(2)22(16)25-21(26)15-27-23(18-9-4-3-5-10-18)19-11-13-20(24)14-12-19/h3-14,23H,15H2,1-2H3,(H,25,26). The summed E-state index contributed by atoms with van der Waals surface area (Å²) in [6.45, 7) is 4.02. The molecule has 0 aliphatic heterocycles. The van der Waals surface area contributed by atoms with Crippen molar-refractivity contribution in [3.05, 3.63) is 100 Å². The van der Waals surface area contributed by atoms with Crippen LogP contribution in [0.1, 0.15) is 27.5 Å². The van der Waals surface area contributed by atoms with Gasteiger partial charge >= 0.3 is 0 Å². The lowest BCUT2D eigenvalue weighted by atomic mass is 10.0. The fourth-order valence-electron chi connectivity index (χ4n) is 3.00. The van der Waals surface area contributed by atoms with Crippen LogP contribution in [0.15, 0.2) is 72.8 Å². The summed E-state index contributed by atoms with van der Waals surface area (Å²) in [5.41, 5.74) is 5.36. The van der Waals surface area contributed by atoms with E-state index in [4.69, 9.17) is 11.6 Å². The lowest BCUT2D eigenvalue weighted by Gasteiger charge is -2.18. The van der Waals surface area contributed by atoms with Gasteiger partial charge in [-0.15, -0.1) is 11.8 Å². The molecule has 0 saturated heterocycles. The first kappa shape index (κ1) is 19.5. The van der Waals surface area contributed by atoms with E-state index in [0.717, 1.165) is 22.4 Å². The minimum absolute atomic E-state index is 0.00675. The number of aryl methyl sites for hydroxylation is 2. The fraction of sp³-hybridized carbons (Fsp3) is 0.174. The highest BCUT2D eigenvalue weighted by Crippen LogP contribution is 2.36. The monoisotopic (exact) mass is 395 g/mol. The molecule has 1 N–H and O–H groups in total. The van der Waals surface area contributed by atoms with E-state index in [1.165, 1.54) is 5.56 Å². The Morgan fingerprint density at radius 1 is 0.889 bits per heavy atom. The Kier molecular flexibility index (Phi) is 6.59. The van der Waals surface area contributed by atoms with Gasteiger partial charge in [0.1, 0.15) is 0 Å². The van der Waals surface area contributed by atoms with Gasteiger partial charge in [-0.1, -0.05) is 72.3 Å². The topological polar surface area (TPSA) is 29.1 Å². The van der Waals surface area contributed by atoms with Crippen molar-refractivity contribution in [2.45, 2.75) is 19.1 Å². The van der Waals surface area contributed by atoms with Gasteiger partial charge in [-0.05, 0) is 48.2 Å². The van der Waals surface area contributed by atoms with Gasteiger partial charge in [0, 0.05) is 10.7 Å². The Balaban J connectivity index is 1.75. The highest BCUT2D eigenvalue weighted by atomic mass is 35.5. The molecule has 1 amide bonds. The number of nitrogens with one attached hydrogen (secondary N) is 1. The molecule has 0 saturated carbocycles. The average Bonchev–Trinajstić information content (AvgIpc) is 2.67. The van der Waals surface area contributed by atoms with Crippen LogP contribution >= 0.6 is 23.4 Å². The van der Waals surface area contributed by atoms with Gasteiger partial charge in [-0.3, -0.25) is 4.79 Å². The SMILES string of the molecule is Cc1cccc(C)c1NC(=O)CSC(c1ccccc1)c1ccc(Cl)cc1. The Morgan fingerprint density at radius 3 is 2.11 bits per heavy atom. The molecule has 4 heteroatoms. The normalized spacial score (nSPS) is 11.8. The molecule has 1 unspecified atom stereocenters. The van der Waals surface area contributed by atoms with E-state index < -0.39 is 0 Å². The summed E-state index contributed by atoms with van der Waals surface area (Å²) in [6.07, 6.45) is 0.